The van der Waals surface area contributed by atoms with Gasteiger partial charge in [-0.05, 0) is 29.7 Å². The van der Waals surface area contributed by atoms with Gasteiger partial charge in [-0.25, -0.2) is 0 Å². The van der Waals surface area contributed by atoms with Crippen LogP contribution >= 0.6 is 0 Å². The minimum absolute atomic E-state index is 0.0298. The van der Waals surface area contributed by atoms with Crippen molar-refractivity contribution in [3.63, 3.8) is 0 Å². The van der Waals surface area contributed by atoms with Crippen molar-refractivity contribution in [3.05, 3.63) is 23.3 Å². The lowest BCUT2D eigenvalue weighted by molar-refractivity contribution is -0.137. The smallest absolute Gasteiger partial charge is 0.303 e. The molecule has 6 heteroatoms. The SMILES string of the molecule is COCc1cc2c(cc1C(N)CCC(=O)O)OCCO2. The molecular weight excluding hydrogens is 262 g/mol. The number of hydrogen-bond acceptors (Lipinski definition) is 5. The molecule has 3 N–H and O–H groups in total. The minimum atomic E-state index is -0.855. The summed E-state index contributed by atoms with van der Waals surface area (Å²) in [4.78, 5) is 10.7. The number of carbonyl (C=O) groups is 1. The Morgan fingerprint density at radius 3 is 2.65 bits per heavy atom. The summed E-state index contributed by atoms with van der Waals surface area (Å²) >= 11 is 0. The maximum atomic E-state index is 10.7. The number of rotatable bonds is 6. The third kappa shape index (κ3) is 3.40. The van der Waals surface area contributed by atoms with Crippen LogP contribution < -0.4 is 15.2 Å². The van der Waals surface area contributed by atoms with Crippen LogP contribution in [-0.4, -0.2) is 31.4 Å². The Balaban J connectivity index is 2.26. The maximum Gasteiger partial charge on any atom is 0.303 e. The van der Waals surface area contributed by atoms with E-state index in [4.69, 9.17) is 25.1 Å². The highest BCUT2D eigenvalue weighted by molar-refractivity contribution is 5.66. The highest BCUT2D eigenvalue weighted by atomic mass is 16.6. The van der Waals surface area contributed by atoms with Crippen LogP contribution in [0.3, 0.4) is 0 Å². The largest absolute Gasteiger partial charge is 0.486 e. The fourth-order valence-electron chi connectivity index (χ4n) is 2.21. The van der Waals surface area contributed by atoms with E-state index >= 15 is 0 Å². The van der Waals surface area contributed by atoms with Crippen molar-refractivity contribution in [3.8, 4) is 11.5 Å². The Morgan fingerprint density at radius 1 is 1.40 bits per heavy atom. The predicted molar refractivity (Wildman–Crippen MR) is 71.9 cm³/mol. The summed E-state index contributed by atoms with van der Waals surface area (Å²) < 4.78 is 16.2. The average Bonchev–Trinajstić information content (AvgIpc) is 2.44. The van der Waals surface area contributed by atoms with Crippen molar-refractivity contribution in [2.75, 3.05) is 20.3 Å². The van der Waals surface area contributed by atoms with E-state index < -0.39 is 5.97 Å². The molecule has 0 saturated carbocycles. The number of aliphatic carboxylic acids is 1. The third-order valence-corrected chi connectivity index (χ3v) is 3.17. The molecule has 1 aliphatic rings. The van der Waals surface area contributed by atoms with Crippen LogP contribution in [0.15, 0.2) is 12.1 Å². The first-order chi connectivity index (χ1) is 9.61. The number of methoxy groups -OCH3 is 1. The molecule has 2 rings (SSSR count). The first kappa shape index (κ1) is 14.6. The molecule has 1 heterocycles. The molecule has 110 valence electrons. The number of carboxylic acid groups (broad SMARTS) is 1. The summed E-state index contributed by atoms with van der Waals surface area (Å²) in [5.74, 6) is 0.473. The van der Waals surface area contributed by atoms with Crippen LogP contribution in [0.4, 0.5) is 0 Å². The summed E-state index contributed by atoms with van der Waals surface area (Å²) in [7, 11) is 1.60. The minimum Gasteiger partial charge on any atom is -0.486 e. The molecule has 1 aromatic rings. The van der Waals surface area contributed by atoms with E-state index in [9.17, 15) is 4.79 Å². The van der Waals surface area contributed by atoms with E-state index in [2.05, 4.69) is 0 Å². The van der Waals surface area contributed by atoms with E-state index in [1.807, 2.05) is 12.1 Å². The standard InChI is InChI=1S/C14H19NO5/c1-18-8-9-6-12-13(20-5-4-19-12)7-10(9)11(15)2-3-14(16)17/h6-7,11H,2-5,8,15H2,1H3,(H,16,17). The first-order valence-electron chi connectivity index (χ1n) is 6.50. The molecule has 6 nitrogen and oxygen atoms in total. The van der Waals surface area contributed by atoms with E-state index in [-0.39, 0.29) is 12.5 Å². The average molecular weight is 281 g/mol. The van der Waals surface area contributed by atoms with Crippen molar-refractivity contribution >= 4 is 5.97 Å². The Bertz CT molecular complexity index is 489. The van der Waals surface area contributed by atoms with E-state index in [1.165, 1.54) is 0 Å². The van der Waals surface area contributed by atoms with E-state index in [0.29, 0.717) is 37.7 Å². The molecule has 1 aromatic carbocycles. The summed E-state index contributed by atoms with van der Waals surface area (Å²) in [5.41, 5.74) is 7.83. The summed E-state index contributed by atoms with van der Waals surface area (Å²) in [5, 5.41) is 8.75. The van der Waals surface area contributed by atoms with Gasteiger partial charge in [0.2, 0.25) is 0 Å². The van der Waals surface area contributed by atoms with Crippen LogP contribution in [-0.2, 0) is 16.1 Å². The molecule has 1 atom stereocenters. The van der Waals surface area contributed by atoms with Crippen molar-refractivity contribution in [2.24, 2.45) is 5.73 Å². The lowest BCUT2D eigenvalue weighted by Crippen LogP contribution is -2.19. The highest BCUT2D eigenvalue weighted by Crippen LogP contribution is 2.36. The number of fused-ring (bicyclic) bond motifs is 1. The molecule has 0 bridgehead atoms. The van der Waals surface area contributed by atoms with Crippen LogP contribution in [0, 0.1) is 0 Å². The fraction of sp³-hybridized carbons (Fsp3) is 0.500. The lowest BCUT2D eigenvalue weighted by Gasteiger charge is -2.23. The molecule has 1 aliphatic heterocycles. The van der Waals surface area contributed by atoms with Gasteiger partial charge in [-0.2, -0.15) is 0 Å². The van der Waals surface area contributed by atoms with Crippen LogP contribution in [0.2, 0.25) is 0 Å². The summed E-state index contributed by atoms with van der Waals surface area (Å²) in [6, 6.07) is 3.32. The quantitative estimate of drug-likeness (QED) is 0.820. The second-order valence-corrected chi connectivity index (χ2v) is 4.67. The van der Waals surface area contributed by atoms with Gasteiger partial charge in [0.05, 0.1) is 6.61 Å². The first-order valence-corrected chi connectivity index (χ1v) is 6.50. The number of nitrogens with two attached hydrogens (primary N) is 1. The Labute approximate surface area is 117 Å². The van der Waals surface area contributed by atoms with Gasteiger partial charge in [0.1, 0.15) is 13.2 Å². The van der Waals surface area contributed by atoms with Gasteiger partial charge in [-0.15, -0.1) is 0 Å². The highest BCUT2D eigenvalue weighted by Gasteiger charge is 2.19. The van der Waals surface area contributed by atoms with Crippen molar-refractivity contribution in [1.82, 2.24) is 0 Å². The summed E-state index contributed by atoms with van der Waals surface area (Å²) in [6.45, 7) is 1.41. The topological polar surface area (TPSA) is 91.0 Å². The zero-order valence-electron chi connectivity index (χ0n) is 11.4. The Morgan fingerprint density at radius 2 is 2.05 bits per heavy atom. The molecule has 0 saturated heterocycles. The van der Waals surface area contributed by atoms with Crippen molar-refractivity contribution in [1.29, 1.82) is 0 Å². The summed E-state index contributed by atoms with van der Waals surface area (Å²) in [6.07, 6.45) is 0.397. The molecule has 1 unspecified atom stereocenters. The normalized spacial score (nSPS) is 14.9. The van der Waals surface area contributed by atoms with E-state index in [1.54, 1.807) is 7.11 Å². The third-order valence-electron chi connectivity index (χ3n) is 3.17. The second-order valence-electron chi connectivity index (χ2n) is 4.67. The van der Waals surface area contributed by atoms with Crippen molar-refractivity contribution < 1.29 is 24.1 Å². The second kappa shape index (κ2) is 6.58. The molecule has 0 aliphatic carbocycles. The lowest BCUT2D eigenvalue weighted by atomic mass is 9.96. The molecule has 0 radical (unpaired) electrons. The zero-order valence-corrected chi connectivity index (χ0v) is 11.4. The van der Waals surface area contributed by atoms with E-state index in [0.717, 1.165) is 11.1 Å². The van der Waals surface area contributed by atoms with Crippen LogP contribution in [0.25, 0.3) is 0 Å². The number of ether oxygens (including phenoxy) is 3. The molecule has 0 aromatic heterocycles. The van der Waals surface area contributed by atoms with Gasteiger partial charge in [-0.1, -0.05) is 0 Å². The van der Waals surface area contributed by atoms with Gasteiger partial charge in [-0.3, -0.25) is 4.79 Å². The zero-order chi connectivity index (χ0) is 14.5. The van der Waals surface area contributed by atoms with Gasteiger partial charge in [0.25, 0.3) is 0 Å². The number of benzene rings is 1. The van der Waals surface area contributed by atoms with Crippen molar-refractivity contribution in [2.45, 2.75) is 25.5 Å². The van der Waals surface area contributed by atoms with Gasteiger partial charge in [0.15, 0.2) is 11.5 Å². The van der Waals surface area contributed by atoms with Gasteiger partial charge >= 0.3 is 5.97 Å². The fourth-order valence-corrected chi connectivity index (χ4v) is 2.21. The van der Waals surface area contributed by atoms with Gasteiger partial charge in [0, 0.05) is 19.6 Å². The predicted octanol–water partition coefficient (Wildman–Crippen LogP) is 1.47. The van der Waals surface area contributed by atoms with Crippen LogP contribution in [0.5, 0.6) is 11.5 Å². The van der Waals surface area contributed by atoms with Crippen LogP contribution in [0.1, 0.15) is 30.0 Å². The maximum absolute atomic E-state index is 10.7. The molecular formula is C14H19NO5. The Hall–Kier alpha value is -1.79. The number of carboxylic acids is 1. The van der Waals surface area contributed by atoms with Gasteiger partial charge < -0.3 is 25.1 Å². The molecule has 0 spiro atoms. The molecule has 0 fully saturated rings. The number of hydrogen-bond donors (Lipinski definition) is 2. The molecule has 0 amide bonds. The Kier molecular flexibility index (Phi) is 4.81. The molecule has 20 heavy (non-hydrogen) atoms. The monoisotopic (exact) mass is 281 g/mol.